The highest BCUT2D eigenvalue weighted by Crippen LogP contribution is 2.24. The minimum absolute atomic E-state index is 0.0543. The Morgan fingerprint density at radius 3 is 2.38 bits per heavy atom. The molecule has 3 atom stereocenters. The van der Waals surface area contributed by atoms with E-state index >= 15 is 0 Å². The van der Waals surface area contributed by atoms with Crippen LogP contribution in [0.4, 0.5) is 4.79 Å². The number of carbonyl (C=O) groups excluding carboxylic acids is 1. The zero-order valence-electron chi connectivity index (χ0n) is 11.0. The summed E-state index contributed by atoms with van der Waals surface area (Å²) < 4.78 is 5.40. The second-order valence-electron chi connectivity index (χ2n) is 5.72. The van der Waals surface area contributed by atoms with Crippen molar-refractivity contribution in [2.45, 2.75) is 71.2 Å². The van der Waals surface area contributed by atoms with Crippen molar-refractivity contribution in [1.82, 2.24) is 4.90 Å². The molecule has 0 aromatic rings. The number of ether oxygens (including phenoxy) is 1. The van der Waals surface area contributed by atoms with E-state index in [-0.39, 0.29) is 24.2 Å². The molecule has 1 aliphatic heterocycles. The maximum Gasteiger partial charge on any atom is 0.410 e. The molecule has 0 radical (unpaired) electrons. The SMILES string of the molecule is CC1CCC(N)C(C)N1C(=O)OC(C)(C)C. The van der Waals surface area contributed by atoms with Gasteiger partial charge in [0.15, 0.2) is 0 Å². The lowest BCUT2D eigenvalue weighted by molar-refractivity contribution is -0.00354. The van der Waals surface area contributed by atoms with Crippen LogP contribution in [-0.4, -0.2) is 34.7 Å². The fourth-order valence-corrected chi connectivity index (χ4v) is 2.08. The quantitative estimate of drug-likeness (QED) is 0.691. The molecule has 1 saturated heterocycles. The van der Waals surface area contributed by atoms with Crippen molar-refractivity contribution in [2.24, 2.45) is 5.73 Å². The lowest BCUT2D eigenvalue weighted by atomic mass is 9.94. The Hall–Kier alpha value is -0.770. The van der Waals surface area contributed by atoms with Crippen LogP contribution in [-0.2, 0) is 4.74 Å². The van der Waals surface area contributed by atoms with E-state index in [0.29, 0.717) is 0 Å². The van der Waals surface area contributed by atoms with Crippen molar-refractivity contribution in [3.05, 3.63) is 0 Å². The number of nitrogens with zero attached hydrogens (tertiary/aromatic N) is 1. The monoisotopic (exact) mass is 228 g/mol. The zero-order chi connectivity index (χ0) is 12.5. The van der Waals surface area contributed by atoms with Crippen molar-refractivity contribution in [1.29, 1.82) is 0 Å². The second-order valence-corrected chi connectivity index (χ2v) is 5.72. The number of amides is 1. The van der Waals surface area contributed by atoms with E-state index in [1.54, 1.807) is 4.90 Å². The number of carbonyl (C=O) groups is 1. The third kappa shape index (κ3) is 3.11. The maximum atomic E-state index is 12.0. The smallest absolute Gasteiger partial charge is 0.410 e. The fourth-order valence-electron chi connectivity index (χ4n) is 2.08. The molecule has 0 aromatic carbocycles. The summed E-state index contributed by atoms with van der Waals surface area (Å²) in [5.41, 5.74) is 5.54. The minimum Gasteiger partial charge on any atom is -0.444 e. The molecule has 0 saturated carbocycles. The Kier molecular flexibility index (Phi) is 3.84. The van der Waals surface area contributed by atoms with Crippen LogP contribution >= 0.6 is 0 Å². The molecule has 1 rings (SSSR count). The molecule has 2 N–H and O–H groups in total. The third-order valence-electron chi connectivity index (χ3n) is 3.06. The van der Waals surface area contributed by atoms with Crippen LogP contribution in [0.25, 0.3) is 0 Å². The summed E-state index contributed by atoms with van der Waals surface area (Å²) in [7, 11) is 0. The number of piperidine rings is 1. The van der Waals surface area contributed by atoms with E-state index in [2.05, 4.69) is 0 Å². The van der Waals surface area contributed by atoms with Gasteiger partial charge in [-0.05, 0) is 47.5 Å². The lowest BCUT2D eigenvalue weighted by Crippen LogP contribution is -2.57. The van der Waals surface area contributed by atoms with Gasteiger partial charge < -0.3 is 15.4 Å². The molecule has 0 bridgehead atoms. The first-order valence-electron chi connectivity index (χ1n) is 5.99. The summed E-state index contributed by atoms with van der Waals surface area (Å²) in [6.07, 6.45) is 1.68. The molecule has 1 amide bonds. The molecule has 94 valence electrons. The predicted molar refractivity (Wildman–Crippen MR) is 64.2 cm³/mol. The number of rotatable bonds is 0. The van der Waals surface area contributed by atoms with Gasteiger partial charge in [0.1, 0.15) is 5.60 Å². The highest BCUT2D eigenvalue weighted by Gasteiger charge is 2.36. The number of nitrogens with two attached hydrogens (primary N) is 1. The Bertz CT molecular complexity index is 260. The number of likely N-dealkylation sites (tertiary alicyclic amines) is 1. The van der Waals surface area contributed by atoms with Crippen LogP contribution in [0.15, 0.2) is 0 Å². The van der Waals surface area contributed by atoms with Gasteiger partial charge in [0.25, 0.3) is 0 Å². The van der Waals surface area contributed by atoms with Gasteiger partial charge in [0.05, 0.1) is 0 Å². The highest BCUT2D eigenvalue weighted by atomic mass is 16.6. The largest absolute Gasteiger partial charge is 0.444 e. The Morgan fingerprint density at radius 1 is 1.31 bits per heavy atom. The van der Waals surface area contributed by atoms with E-state index in [0.717, 1.165) is 12.8 Å². The van der Waals surface area contributed by atoms with Gasteiger partial charge in [0.2, 0.25) is 0 Å². The molecule has 1 aliphatic rings. The van der Waals surface area contributed by atoms with Crippen molar-refractivity contribution >= 4 is 6.09 Å². The summed E-state index contributed by atoms with van der Waals surface area (Å²) in [6, 6.07) is 0.326. The summed E-state index contributed by atoms with van der Waals surface area (Å²) in [4.78, 5) is 13.8. The molecule has 0 aliphatic carbocycles. The molecule has 1 heterocycles. The molecular formula is C12H24N2O2. The van der Waals surface area contributed by atoms with E-state index in [1.165, 1.54) is 0 Å². The first-order valence-corrected chi connectivity index (χ1v) is 5.99. The van der Waals surface area contributed by atoms with Gasteiger partial charge in [-0.25, -0.2) is 4.79 Å². The van der Waals surface area contributed by atoms with Gasteiger partial charge in [-0.15, -0.1) is 0 Å². The van der Waals surface area contributed by atoms with Crippen LogP contribution in [0.5, 0.6) is 0 Å². The fraction of sp³-hybridized carbons (Fsp3) is 0.917. The molecule has 3 unspecified atom stereocenters. The summed E-state index contributed by atoms with van der Waals surface area (Å²) >= 11 is 0. The van der Waals surface area contributed by atoms with Crippen molar-refractivity contribution in [2.75, 3.05) is 0 Å². The van der Waals surface area contributed by atoms with Gasteiger partial charge in [-0.2, -0.15) is 0 Å². The molecule has 16 heavy (non-hydrogen) atoms. The maximum absolute atomic E-state index is 12.0. The van der Waals surface area contributed by atoms with E-state index in [1.807, 2.05) is 34.6 Å². The minimum atomic E-state index is -0.446. The molecular weight excluding hydrogens is 204 g/mol. The van der Waals surface area contributed by atoms with Crippen LogP contribution in [0.3, 0.4) is 0 Å². The van der Waals surface area contributed by atoms with Crippen molar-refractivity contribution in [3.8, 4) is 0 Å². The number of hydrogen-bond donors (Lipinski definition) is 1. The average molecular weight is 228 g/mol. The Labute approximate surface area is 98.1 Å². The molecule has 4 nitrogen and oxygen atoms in total. The summed E-state index contributed by atoms with van der Waals surface area (Å²) in [5.74, 6) is 0. The zero-order valence-corrected chi connectivity index (χ0v) is 11.0. The van der Waals surface area contributed by atoms with E-state index < -0.39 is 5.60 Å². The van der Waals surface area contributed by atoms with Crippen LogP contribution < -0.4 is 5.73 Å². The second kappa shape index (κ2) is 4.62. The topological polar surface area (TPSA) is 55.6 Å². The van der Waals surface area contributed by atoms with Crippen molar-refractivity contribution < 1.29 is 9.53 Å². The van der Waals surface area contributed by atoms with Gasteiger partial charge >= 0.3 is 6.09 Å². The van der Waals surface area contributed by atoms with Crippen LogP contribution in [0.2, 0.25) is 0 Å². The predicted octanol–water partition coefficient (Wildman–Crippen LogP) is 2.12. The average Bonchev–Trinajstić information content (AvgIpc) is 2.09. The Balaban J connectivity index is 2.72. The van der Waals surface area contributed by atoms with E-state index in [9.17, 15) is 4.79 Å². The first-order chi connectivity index (χ1) is 7.22. The lowest BCUT2D eigenvalue weighted by Gasteiger charge is -2.42. The summed E-state index contributed by atoms with van der Waals surface area (Å²) in [6.45, 7) is 9.68. The molecule has 0 aromatic heterocycles. The number of hydrogen-bond acceptors (Lipinski definition) is 3. The first kappa shape index (κ1) is 13.3. The summed E-state index contributed by atoms with van der Waals surface area (Å²) in [5, 5.41) is 0. The van der Waals surface area contributed by atoms with Crippen LogP contribution in [0.1, 0.15) is 47.5 Å². The highest BCUT2D eigenvalue weighted by molar-refractivity contribution is 5.69. The third-order valence-corrected chi connectivity index (χ3v) is 3.06. The van der Waals surface area contributed by atoms with Crippen molar-refractivity contribution in [3.63, 3.8) is 0 Å². The van der Waals surface area contributed by atoms with Gasteiger partial charge in [0, 0.05) is 18.1 Å². The standard InChI is InChI=1S/C12H24N2O2/c1-8-6-7-10(13)9(2)14(8)11(15)16-12(3,4)5/h8-10H,6-7,13H2,1-5H3. The molecule has 4 heteroatoms. The Morgan fingerprint density at radius 2 is 1.88 bits per heavy atom. The van der Waals surface area contributed by atoms with Gasteiger partial charge in [-0.1, -0.05) is 0 Å². The molecule has 0 spiro atoms. The van der Waals surface area contributed by atoms with Gasteiger partial charge in [-0.3, -0.25) is 0 Å². The normalized spacial score (nSPS) is 31.4. The molecule has 1 fully saturated rings. The van der Waals surface area contributed by atoms with Crippen LogP contribution in [0, 0.1) is 0 Å². The van der Waals surface area contributed by atoms with E-state index in [4.69, 9.17) is 10.5 Å².